The first-order valence-corrected chi connectivity index (χ1v) is 6.65. The zero-order valence-electron chi connectivity index (χ0n) is 10.4. The van der Waals surface area contributed by atoms with Crippen LogP contribution in [0.4, 0.5) is 0 Å². The SMILES string of the molecule is OC(CNCC1COCCO1)CN1CCCC1. The van der Waals surface area contributed by atoms with Gasteiger partial charge in [0, 0.05) is 19.6 Å². The van der Waals surface area contributed by atoms with E-state index < -0.39 is 0 Å². The molecule has 17 heavy (non-hydrogen) atoms. The molecule has 0 aliphatic carbocycles. The molecular weight excluding hydrogens is 220 g/mol. The van der Waals surface area contributed by atoms with E-state index in [2.05, 4.69) is 10.2 Å². The number of aliphatic hydroxyl groups is 1. The van der Waals surface area contributed by atoms with Crippen molar-refractivity contribution in [3.63, 3.8) is 0 Å². The highest BCUT2D eigenvalue weighted by Crippen LogP contribution is 2.07. The first-order chi connectivity index (χ1) is 8.34. The molecule has 2 fully saturated rings. The van der Waals surface area contributed by atoms with Crippen LogP contribution in [0.15, 0.2) is 0 Å². The van der Waals surface area contributed by atoms with Gasteiger partial charge in [-0.1, -0.05) is 0 Å². The van der Waals surface area contributed by atoms with Crippen LogP contribution < -0.4 is 5.32 Å². The smallest absolute Gasteiger partial charge is 0.0933 e. The van der Waals surface area contributed by atoms with Crippen LogP contribution in [0.5, 0.6) is 0 Å². The van der Waals surface area contributed by atoms with Gasteiger partial charge < -0.3 is 24.8 Å². The van der Waals surface area contributed by atoms with Crippen LogP contribution in [0.25, 0.3) is 0 Å². The average molecular weight is 244 g/mol. The summed E-state index contributed by atoms with van der Waals surface area (Å²) in [7, 11) is 0. The maximum absolute atomic E-state index is 9.86. The molecule has 2 unspecified atom stereocenters. The van der Waals surface area contributed by atoms with Crippen LogP contribution in [0, 0.1) is 0 Å². The van der Waals surface area contributed by atoms with E-state index in [9.17, 15) is 5.11 Å². The van der Waals surface area contributed by atoms with E-state index in [1.165, 1.54) is 12.8 Å². The summed E-state index contributed by atoms with van der Waals surface area (Å²) in [6.45, 7) is 6.50. The quantitative estimate of drug-likeness (QED) is 0.656. The second-order valence-corrected chi connectivity index (χ2v) is 4.89. The number of β-amino-alcohol motifs (C(OH)–C–C–N with tert-alkyl or cyclic N) is 1. The number of nitrogens with zero attached hydrogens (tertiary/aromatic N) is 1. The summed E-state index contributed by atoms with van der Waals surface area (Å²) in [5.41, 5.74) is 0. The van der Waals surface area contributed by atoms with E-state index >= 15 is 0 Å². The Bertz CT molecular complexity index is 204. The molecule has 5 nitrogen and oxygen atoms in total. The summed E-state index contributed by atoms with van der Waals surface area (Å²) in [5.74, 6) is 0. The number of ether oxygens (including phenoxy) is 2. The molecule has 2 aliphatic rings. The zero-order chi connectivity index (χ0) is 11.9. The predicted molar refractivity (Wildman–Crippen MR) is 65.1 cm³/mol. The lowest BCUT2D eigenvalue weighted by atomic mass is 10.3. The van der Waals surface area contributed by atoms with Gasteiger partial charge in [-0.3, -0.25) is 0 Å². The van der Waals surface area contributed by atoms with Gasteiger partial charge in [0.05, 0.1) is 32.0 Å². The van der Waals surface area contributed by atoms with Crippen LogP contribution in [0.2, 0.25) is 0 Å². The minimum absolute atomic E-state index is 0.141. The average Bonchev–Trinajstić information content (AvgIpc) is 2.83. The van der Waals surface area contributed by atoms with E-state index in [0.29, 0.717) is 26.4 Å². The Labute approximate surface area is 103 Å². The molecule has 0 saturated carbocycles. The molecule has 0 aromatic heterocycles. The summed E-state index contributed by atoms with van der Waals surface area (Å²) in [4.78, 5) is 2.33. The Morgan fingerprint density at radius 1 is 1.29 bits per heavy atom. The van der Waals surface area contributed by atoms with E-state index in [1.807, 2.05) is 0 Å². The third-order valence-corrected chi connectivity index (χ3v) is 3.30. The van der Waals surface area contributed by atoms with E-state index in [4.69, 9.17) is 9.47 Å². The Hall–Kier alpha value is -0.200. The zero-order valence-corrected chi connectivity index (χ0v) is 10.4. The lowest BCUT2D eigenvalue weighted by Gasteiger charge is -2.24. The van der Waals surface area contributed by atoms with Gasteiger partial charge in [0.15, 0.2) is 0 Å². The summed E-state index contributed by atoms with van der Waals surface area (Å²) < 4.78 is 10.8. The van der Waals surface area contributed by atoms with Gasteiger partial charge in [-0.25, -0.2) is 0 Å². The standard InChI is InChI=1S/C12H24N2O3/c15-11(9-14-3-1-2-4-14)7-13-8-12-10-16-5-6-17-12/h11-13,15H,1-10H2. The highest BCUT2D eigenvalue weighted by molar-refractivity contribution is 4.72. The second-order valence-electron chi connectivity index (χ2n) is 4.89. The van der Waals surface area contributed by atoms with E-state index in [1.54, 1.807) is 0 Å². The van der Waals surface area contributed by atoms with Crippen molar-refractivity contribution in [3.8, 4) is 0 Å². The number of aliphatic hydroxyl groups excluding tert-OH is 1. The topological polar surface area (TPSA) is 54.0 Å². The highest BCUT2D eigenvalue weighted by Gasteiger charge is 2.17. The summed E-state index contributed by atoms with van der Waals surface area (Å²) in [6, 6.07) is 0. The fraction of sp³-hybridized carbons (Fsp3) is 1.00. The van der Waals surface area contributed by atoms with Crippen LogP contribution in [-0.2, 0) is 9.47 Å². The molecule has 0 aromatic carbocycles. The van der Waals surface area contributed by atoms with Crippen molar-refractivity contribution in [2.75, 3.05) is 52.5 Å². The Morgan fingerprint density at radius 3 is 2.82 bits per heavy atom. The minimum atomic E-state index is -0.280. The van der Waals surface area contributed by atoms with Gasteiger partial charge >= 0.3 is 0 Å². The normalized spacial score (nSPS) is 28.4. The molecule has 0 amide bonds. The van der Waals surface area contributed by atoms with Gasteiger partial charge in [0.1, 0.15) is 0 Å². The first kappa shape index (κ1) is 13.2. The number of hydrogen-bond donors (Lipinski definition) is 2. The van der Waals surface area contributed by atoms with Gasteiger partial charge in [-0.2, -0.15) is 0 Å². The van der Waals surface area contributed by atoms with Crippen molar-refractivity contribution in [1.82, 2.24) is 10.2 Å². The molecule has 0 bridgehead atoms. The summed E-state index contributed by atoms with van der Waals surface area (Å²) >= 11 is 0. The molecule has 2 heterocycles. The molecule has 2 aliphatic heterocycles. The van der Waals surface area contributed by atoms with Crippen molar-refractivity contribution < 1.29 is 14.6 Å². The third-order valence-electron chi connectivity index (χ3n) is 3.30. The lowest BCUT2D eigenvalue weighted by Crippen LogP contribution is -2.42. The molecule has 2 rings (SSSR count). The number of rotatable bonds is 6. The lowest BCUT2D eigenvalue weighted by molar-refractivity contribution is -0.0868. The molecular formula is C12H24N2O3. The van der Waals surface area contributed by atoms with Crippen molar-refractivity contribution in [3.05, 3.63) is 0 Å². The van der Waals surface area contributed by atoms with Gasteiger partial charge in [0.25, 0.3) is 0 Å². The Balaban J connectivity index is 1.51. The molecule has 0 radical (unpaired) electrons. The predicted octanol–water partition coefficient (Wildman–Crippen LogP) is -0.552. The second kappa shape index (κ2) is 7.28. The molecule has 0 aromatic rings. The maximum Gasteiger partial charge on any atom is 0.0933 e. The number of likely N-dealkylation sites (tertiary alicyclic amines) is 1. The monoisotopic (exact) mass is 244 g/mol. The first-order valence-electron chi connectivity index (χ1n) is 6.65. The number of hydrogen-bond acceptors (Lipinski definition) is 5. The third kappa shape index (κ3) is 4.89. The van der Waals surface area contributed by atoms with Gasteiger partial charge in [-0.15, -0.1) is 0 Å². The van der Waals surface area contributed by atoms with Crippen LogP contribution in [0.1, 0.15) is 12.8 Å². The maximum atomic E-state index is 9.86. The molecule has 5 heteroatoms. The van der Waals surface area contributed by atoms with Crippen molar-refractivity contribution in [1.29, 1.82) is 0 Å². The fourth-order valence-electron chi connectivity index (χ4n) is 2.39. The van der Waals surface area contributed by atoms with E-state index in [0.717, 1.165) is 26.2 Å². The largest absolute Gasteiger partial charge is 0.390 e. The summed E-state index contributed by atoms with van der Waals surface area (Å²) in [6.07, 6.45) is 2.40. The van der Waals surface area contributed by atoms with Crippen LogP contribution in [-0.4, -0.2) is 74.8 Å². The highest BCUT2D eigenvalue weighted by atomic mass is 16.6. The van der Waals surface area contributed by atoms with E-state index in [-0.39, 0.29) is 12.2 Å². The van der Waals surface area contributed by atoms with Crippen molar-refractivity contribution >= 4 is 0 Å². The molecule has 2 atom stereocenters. The van der Waals surface area contributed by atoms with Crippen LogP contribution >= 0.6 is 0 Å². The number of nitrogens with one attached hydrogen (secondary N) is 1. The minimum Gasteiger partial charge on any atom is -0.390 e. The molecule has 100 valence electrons. The Morgan fingerprint density at radius 2 is 2.12 bits per heavy atom. The van der Waals surface area contributed by atoms with Gasteiger partial charge in [-0.05, 0) is 25.9 Å². The van der Waals surface area contributed by atoms with Gasteiger partial charge in [0.2, 0.25) is 0 Å². The van der Waals surface area contributed by atoms with Crippen molar-refractivity contribution in [2.45, 2.75) is 25.0 Å². The molecule has 0 spiro atoms. The fourth-order valence-corrected chi connectivity index (χ4v) is 2.39. The van der Waals surface area contributed by atoms with Crippen LogP contribution in [0.3, 0.4) is 0 Å². The summed E-state index contributed by atoms with van der Waals surface area (Å²) in [5, 5.41) is 13.1. The van der Waals surface area contributed by atoms with Crippen molar-refractivity contribution in [2.24, 2.45) is 0 Å². The molecule has 2 N–H and O–H groups in total. The molecule has 2 saturated heterocycles. The Kier molecular flexibility index (Phi) is 5.67.